The van der Waals surface area contributed by atoms with Gasteiger partial charge in [0.15, 0.2) is 0 Å². The minimum atomic E-state index is -4.11. The van der Waals surface area contributed by atoms with E-state index >= 15 is 0 Å². The summed E-state index contributed by atoms with van der Waals surface area (Å²) in [7, 11) is -4.11. The Kier molecular flexibility index (Phi) is 6.66. The molecule has 3 aromatic carbocycles. The number of rotatable bonds is 5. The number of hydrogen-bond acceptors (Lipinski definition) is 4. The molecular weight excluding hydrogens is 482 g/mol. The zero-order valence-corrected chi connectivity index (χ0v) is 20.1. The molecule has 0 saturated heterocycles. The third-order valence-corrected chi connectivity index (χ3v) is 7.74. The average molecular weight is 505 g/mol. The molecule has 2 N–H and O–H groups in total. The molecule has 1 heterocycles. The standard InChI is InChI=1S/C25H23ClF2N2O3S/c1-15-6-8-19(12-22(15)28)34(31,32)30-14-18(13-29)33-24-9-7-17(11-23(24)30)10-16(2)25-20(26)4-3-5-21(25)27/h3-12,18H,13-14,29H2,1-2H3. The number of nitrogens with two attached hydrogens (primary N) is 1. The molecule has 0 aliphatic carbocycles. The van der Waals surface area contributed by atoms with Gasteiger partial charge in [-0.25, -0.2) is 17.2 Å². The highest BCUT2D eigenvalue weighted by Gasteiger charge is 2.34. The van der Waals surface area contributed by atoms with Crippen LogP contribution in [0.2, 0.25) is 5.02 Å². The van der Waals surface area contributed by atoms with Gasteiger partial charge < -0.3 is 10.5 Å². The van der Waals surface area contributed by atoms with E-state index in [-0.39, 0.29) is 34.3 Å². The second kappa shape index (κ2) is 9.37. The lowest BCUT2D eigenvalue weighted by atomic mass is 10.0. The van der Waals surface area contributed by atoms with E-state index in [9.17, 15) is 17.2 Å². The zero-order valence-electron chi connectivity index (χ0n) is 18.6. The van der Waals surface area contributed by atoms with Crippen molar-refractivity contribution in [3.8, 4) is 5.75 Å². The number of benzene rings is 3. The molecule has 1 aliphatic heterocycles. The maximum atomic E-state index is 14.4. The predicted octanol–water partition coefficient (Wildman–Crippen LogP) is 5.40. The first-order valence-corrected chi connectivity index (χ1v) is 12.4. The number of hydrogen-bond donors (Lipinski definition) is 1. The molecule has 34 heavy (non-hydrogen) atoms. The first kappa shape index (κ1) is 24.2. The highest BCUT2D eigenvalue weighted by Crippen LogP contribution is 2.39. The largest absolute Gasteiger partial charge is 0.485 e. The summed E-state index contributed by atoms with van der Waals surface area (Å²) in [5.74, 6) is -0.741. The molecule has 3 aromatic rings. The first-order valence-electron chi connectivity index (χ1n) is 10.5. The quantitative estimate of drug-likeness (QED) is 0.472. The second-order valence-corrected chi connectivity index (χ2v) is 10.3. The van der Waals surface area contributed by atoms with Crippen LogP contribution >= 0.6 is 11.6 Å². The minimum Gasteiger partial charge on any atom is -0.485 e. The number of fused-ring (bicyclic) bond motifs is 1. The van der Waals surface area contributed by atoms with Gasteiger partial charge in [0.25, 0.3) is 10.0 Å². The number of allylic oxidation sites excluding steroid dienone is 1. The SMILES string of the molecule is CC(=Cc1ccc2c(c1)N(S(=O)(=O)c1ccc(C)c(F)c1)CC(CN)O2)c1c(F)cccc1Cl. The van der Waals surface area contributed by atoms with Gasteiger partial charge >= 0.3 is 0 Å². The smallest absolute Gasteiger partial charge is 0.264 e. The highest BCUT2D eigenvalue weighted by molar-refractivity contribution is 7.92. The highest BCUT2D eigenvalue weighted by atomic mass is 35.5. The lowest BCUT2D eigenvalue weighted by Crippen LogP contribution is -2.46. The molecule has 0 bridgehead atoms. The monoisotopic (exact) mass is 504 g/mol. The molecule has 0 radical (unpaired) electrons. The average Bonchev–Trinajstić information content (AvgIpc) is 2.79. The van der Waals surface area contributed by atoms with Crippen LogP contribution in [-0.2, 0) is 10.0 Å². The molecule has 1 atom stereocenters. The summed E-state index contributed by atoms with van der Waals surface area (Å²) in [5.41, 5.74) is 7.84. The Labute approximate surface area is 202 Å². The Morgan fingerprint density at radius 3 is 2.62 bits per heavy atom. The summed E-state index contributed by atoms with van der Waals surface area (Å²) in [6.45, 7) is 3.34. The number of sulfonamides is 1. The number of anilines is 1. The topological polar surface area (TPSA) is 72.6 Å². The molecule has 0 fully saturated rings. The van der Waals surface area contributed by atoms with Crippen molar-refractivity contribution in [1.82, 2.24) is 0 Å². The van der Waals surface area contributed by atoms with E-state index in [0.29, 0.717) is 22.4 Å². The van der Waals surface area contributed by atoms with Crippen LogP contribution in [-0.4, -0.2) is 27.6 Å². The number of nitrogens with zero attached hydrogens (tertiary/aromatic N) is 1. The van der Waals surface area contributed by atoms with Crippen LogP contribution in [0.3, 0.4) is 0 Å². The molecule has 178 valence electrons. The van der Waals surface area contributed by atoms with E-state index < -0.39 is 27.8 Å². The molecule has 1 unspecified atom stereocenters. The minimum absolute atomic E-state index is 0.0351. The van der Waals surface area contributed by atoms with Crippen molar-refractivity contribution < 1.29 is 21.9 Å². The Morgan fingerprint density at radius 1 is 1.18 bits per heavy atom. The van der Waals surface area contributed by atoms with Crippen molar-refractivity contribution in [2.24, 2.45) is 5.73 Å². The zero-order chi connectivity index (χ0) is 24.6. The number of aryl methyl sites for hydroxylation is 1. The molecule has 5 nitrogen and oxygen atoms in total. The molecule has 1 aliphatic rings. The molecule has 0 amide bonds. The van der Waals surface area contributed by atoms with Crippen molar-refractivity contribution in [3.63, 3.8) is 0 Å². The maximum Gasteiger partial charge on any atom is 0.264 e. The third kappa shape index (κ3) is 4.53. The lowest BCUT2D eigenvalue weighted by molar-refractivity contribution is 0.208. The number of ether oxygens (including phenoxy) is 1. The Hall–Kier alpha value is -2.94. The van der Waals surface area contributed by atoms with Crippen LogP contribution in [0.25, 0.3) is 11.6 Å². The van der Waals surface area contributed by atoms with E-state index in [4.69, 9.17) is 22.1 Å². The molecular formula is C25H23ClF2N2O3S. The third-order valence-electron chi connectivity index (χ3n) is 5.65. The van der Waals surface area contributed by atoms with Crippen LogP contribution in [0, 0.1) is 18.6 Å². The number of halogens is 3. The summed E-state index contributed by atoms with van der Waals surface area (Å²) in [4.78, 5) is -0.172. The van der Waals surface area contributed by atoms with Gasteiger partial charge in [0.05, 0.1) is 22.2 Å². The molecule has 4 rings (SSSR count). The van der Waals surface area contributed by atoms with Crippen LogP contribution in [0.4, 0.5) is 14.5 Å². The van der Waals surface area contributed by atoms with E-state index in [1.54, 1.807) is 44.2 Å². The van der Waals surface area contributed by atoms with Gasteiger partial charge in [0.2, 0.25) is 0 Å². The van der Waals surface area contributed by atoms with Gasteiger partial charge in [-0.1, -0.05) is 35.9 Å². The van der Waals surface area contributed by atoms with Crippen molar-refractivity contribution in [2.75, 3.05) is 17.4 Å². The lowest BCUT2D eigenvalue weighted by Gasteiger charge is -2.35. The summed E-state index contributed by atoms with van der Waals surface area (Å²) >= 11 is 6.18. The van der Waals surface area contributed by atoms with E-state index in [1.165, 1.54) is 28.6 Å². The van der Waals surface area contributed by atoms with E-state index in [2.05, 4.69) is 0 Å². The first-order chi connectivity index (χ1) is 16.1. The maximum absolute atomic E-state index is 14.4. The van der Waals surface area contributed by atoms with Crippen LogP contribution < -0.4 is 14.8 Å². The van der Waals surface area contributed by atoms with Crippen molar-refractivity contribution in [1.29, 1.82) is 0 Å². The van der Waals surface area contributed by atoms with Gasteiger partial charge in [-0.15, -0.1) is 0 Å². The molecule has 0 saturated carbocycles. The molecule has 0 aromatic heterocycles. The fraction of sp³-hybridized carbons (Fsp3) is 0.200. The molecule has 9 heteroatoms. The Bertz CT molecular complexity index is 1370. The summed E-state index contributed by atoms with van der Waals surface area (Å²) < 4.78 is 62.6. The molecule has 0 spiro atoms. The van der Waals surface area contributed by atoms with Gasteiger partial charge in [0.1, 0.15) is 23.5 Å². The predicted molar refractivity (Wildman–Crippen MR) is 131 cm³/mol. The van der Waals surface area contributed by atoms with E-state index in [0.717, 1.165) is 6.07 Å². The fourth-order valence-corrected chi connectivity index (χ4v) is 5.65. The summed E-state index contributed by atoms with van der Waals surface area (Å²) in [6, 6.07) is 13.2. The summed E-state index contributed by atoms with van der Waals surface area (Å²) in [5, 5.41) is 0.270. The van der Waals surface area contributed by atoms with Gasteiger partial charge in [-0.05, 0) is 66.9 Å². The fourth-order valence-electron chi connectivity index (χ4n) is 3.83. The van der Waals surface area contributed by atoms with Crippen molar-refractivity contribution >= 4 is 39.0 Å². The van der Waals surface area contributed by atoms with E-state index in [1.807, 2.05) is 0 Å². The Balaban J connectivity index is 1.80. The van der Waals surface area contributed by atoms with Crippen LogP contribution in [0.1, 0.15) is 23.6 Å². The van der Waals surface area contributed by atoms with Gasteiger partial charge in [0, 0.05) is 12.1 Å². The van der Waals surface area contributed by atoms with Crippen LogP contribution in [0.5, 0.6) is 5.75 Å². The Morgan fingerprint density at radius 2 is 1.94 bits per heavy atom. The van der Waals surface area contributed by atoms with Crippen molar-refractivity contribution in [3.05, 3.63) is 87.9 Å². The van der Waals surface area contributed by atoms with Gasteiger partial charge in [-0.2, -0.15) is 0 Å². The summed E-state index contributed by atoms with van der Waals surface area (Å²) in [6.07, 6.45) is 1.13. The second-order valence-electron chi connectivity index (χ2n) is 8.07. The normalized spacial score (nSPS) is 16.2. The van der Waals surface area contributed by atoms with Gasteiger partial charge in [-0.3, -0.25) is 4.31 Å². The van der Waals surface area contributed by atoms with Crippen LogP contribution in [0.15, 0.2) is 59.5 Å². The van der Waals surface area contributed by atoms with Crippen molar-refractivity contribution in [2.45, 2.75) is 24.8 Å².